The van der Waals surface area contributed by atoms with Crippen LogP contribution < -0.4 is 4.74 Å². The first kappa shape index (κ1) is 14.8. The highest BCUT2D eigenvalue weighted by Gasteiger charge is 2.46. The molecule has 4 heteroatoms. The third-order valence-corrected chi connectivity index (χ3v) is 5.13. The van der Waals surface area contributed by atoms with Gasteiger partial charge in [-0.05, 0) is 62.6 Å². The second-order valence-corrected chi connectivity index (χ2v) is 6.59. The Morgan fingerprint density at radius 1 is 1.19 bits per heavy atom. The highest BCUT2D eigenvalue weighted by Crippen LogP contribution is 2.43. The lowest BCUT2D eigenvalue weighted by molar-refractivity contribution is -0.138. The number of rotatable bonds is 2. The second-order valence-electron chi connectivity index (χ2n) is 6.59. The molecule has 0 radical (unpaired) electrons. The van der Waals surface area contributed by atoms with Gasteiger partial charge in [0.2, 0.25) is 0 Å². The molecule has 2 saturated heterocycles. The molecule has 0 aliphatic carbocycles. The normalized spacial score (nSPS) is 33.0. The van der Waals surface area contributed by atoms with Crippen LogP contribution in [0.4, 0.5) is 0 Å². The summed E-state index contributed by atoms with van der Waals surface area (Å²) in [7, 11) is 3.82. The van der Waals surface area contributed by atoms with Crippen molar-refractivity contribution in [2.45, 2.75) is 44.4 Å². The molecule has 0 saturated carbocycles. The Kier molecular flexibility index (Phi) is 3.72. The predicted octanol–water partition coefficient (Wildman–Crippen LogP) is 1.99. The molecule has 2 aliphatic rings. The Balaban J connectivity index is 2.00. The highest BCUT2D eigenvalue weighted by atomic mass is 16.5. The molecule has 4 nitrogen and oxygen atoms in total. The van der Waals surface area contributed by atoms with Gasteiger partial charge in [-0.3, -0.25) is 4.90 Å². The van der Waals surface area contributed by atoms with Gasteiger partial charge in [-0.15, -0.1) is 0 Å². The summed E-state index contributed by atoms with van der Waals surface area (Å²) >= 11 is 0. The van der Waals surface area contributed by atoms with Gasteiger partial charge in [0.15, 0.2) is 0 Å². The molecule has 2 bridgehead atoms. The van der Waals surface area contributed by atoms with E-state index in [1.54, 1.807) is 7.11 Å². The molecule has 0 aromatic heterocycles. The number of nitrogens with zero attached hydrogens (tertiary/aromatic N) is 1. The smallest absolute Gasteiger partial charge is 0.119 e. The number of hydrogen-bond donors (Lipinski definition) is 1. The van der Waals surface area contributed by atoms with Gasteiger partial charge in [0, 0.05) is 12.1 Å². The maximum absolute atomic E-state index is 11.4. The first-order chi connectivity index (χ1) is 9.94. The fourth-order valence-corrected chi connectivity index (χ4v) is 4.12. The third kappa shape index (κ3) is 2.45. The van der Waals surface area contributed by atoms with E-state index in [2.05, 4.69) is 25.8 Å². The largest absolute Gasteiger partial charge is 0.497 e. The molecule has 2 heterocycles. The molecule has 21 heavy (non-hydrogen) atoms. The van der Waals surface area contributed by atoms with Crippen molar-refractivity contribution in [2.75, 3.05) is 27.4 Å². The topological polar surface area (TPSA) is 41.9 Å². The maximum Gasteiger partial charge on any atom is 0.119 e. The van der Waals surface area contributed by atoms with Gasteiger partial charge < -0.3 is 14.6 Å². The van der Waals surface area contributed by atoms with Crippen molar-refractivity contribution in [3.63, 3.8) is 0 Å². The average Bonchev–Trinajstić information content (AvgIpc) is 2.40. The van der Waals surface area contributed by atoms with Gasteiger partial charge in [0.25, 0.3) is 0 Å². The number of aliphatic hydroxyl groups is 1. The van der Waals surface area contributed by atoms with Crippen molar-refractivity contribution >= 4 is 0 Å². The minimum absolute atomic E-state index is 0.295. The molecule has 0 spiro atoms. The second kappa shape index (κ2) is 5.27. The van der Waals surface area contributed by atoms with Crippen LogP contribution in [0, 0.1) is 13.8 Å². The zero-order valence-corrected chi connectivity index (χ0v) is 13.3. The minimum atomic E-state index is -0.758. The SMILES string of the molecule is COc1cc(C)c(C2(O)CC3COCC(C2)N3C)c(C)c1. The van der Waals surface area contributed by atoms with Crippen molar-refractivity contribution in [1.82, 2.24) is 4.90 Å². The van der Waals surface area contributed by atoms with Crippen LogP contribution in [0.3, 0.4) is 0 Å². The number of hydrogen-bond acceptors (Lipinski definition) is 4. The van der Waals surface area contributed by atoms with Crippen molar-refractivity contribution in [2.24, 2.45) is 0 Å². The zero-order chi connectivity index (χ0) is 15.2. The molecule has 116 valence electrons. The van der Waals surface area contributed by atoms with Gasteiger partial charge in [0.05, 0.1) is 25.9 Å². The molecule has 0 amide bonds. The number of benzene rings is 1. The van der Waals surface area contributed by atoms with E-state index in [1.807, 2.05) is 12.1 Å². The van der Waals surface area contributed by atoms with Crippen LogP contribution in [0.2, 0.25) is 0 Å². The Morgan fingerprint density at radius 2 is 1.71 bits per heavy atom. The predicted molar refractivity (Wildman–Crippen MR) is 81.8 cm³/mol. The number of methoxy groups -OCH3 is 1. The van der Waals surface area contributed by atoms with Crippen molar-refractivity contribution in [3.05, 3.63) is 28.8 Å². The molecular weight excluding hydrogens is 266 g/mol. The molecular formula is C17H25NO3. The van der Waals surface area contributed by atoms with E-state index in [0.29, 0.717) is 25.3 Å². The van der Waals surface area contributed by atoms with Gasteiger partial charge in [0.1, 0.15) is 5.75 Å². The summed E-state index contributed by atoms with van der Waals surface area (Å²) in [5.41, 5.74) is 2.54. The standard InChI is InChI=1S/C17H25NO3/c1-11-5-15(20-4)6-12(2)16(11)17(19)7-13-9-21-10-14(8-17)18(13)3/h5-6,13-14,19H,7-10H2,1-4H3. The van der Waals surface area contributed by atoms with E-state index in [9.17, 15) is 5.11 Å². The summed E-state index contributed by atoms with van der Waals surface area (Å²) in [4.78, 5) is 2.37. The van der Waals surface area contributed by atoms with E-state index < -0.39 is 5.60 Å². The van der Waals surface area contributed by atoms with E-state index in [0.717, 1.165) is 35.3 Å². The fourth-order valence-electron chi connectivity index (χ4n) is 4.12. The Labute approximate surface area is 126 Å². The summed E-state index contributed by atoms with van der Waals surface area (Å²) in [5, 5.41) is 11.4. The quantitative estimate of drug-likeness (QED) is 0.905. The maximum atomic E-state index is 11.4. The van der Waals surface area contributed by atoms with Crippen LogP contribution >= 0.6 is 0 Å². The van der Waals surface area contributed by atoms with E-state index in [4.69, 9.17) is 9.47 Å². The van der Waals surface area contributed by atoms with E-state index >= 15 is 0 Å². The molecule has 2 aliphatic heterocycles. The fraction of sp³-hybridized carbons (Fsp3) is 0.647. The van der Waals surface area contributed by atoms with E-state index in [-0.39, 0.29) is 0 Å². The number of aryl methyl sites for hydroxylation is 2. The summed E-state index contributed by atoms with van der Waals surface area (Å²) in [6.07, 6.45) is 1.46. The number of likely N-dealkylation sites (N-methyl/N-ethyl adjacent to an activating group) is 1. The lowest BCUT2D eigenvalue weighted by Crippen LogP contribution is -2.59. The number of piperidine rings is 1. The third-order valence-electron chi connectivity index (χ3n) is 5.13. The number of morpholine rings is 1. The van der Waals surface area contributed by atoms with Crippen LogP contribution in [0.25, 0.3) is 0 Å². The molecule has 3 rings (SSSR count). The monoisotopic (exact) mass is 291 g/mol. The van der Waals surface area contributed by atoms with Gasteiger partial charge in [-0.2, -0.15) is 0 Å². The van der Waals surface area contributed by atoms with Gasteiger partial charge in [-0.1, -0.05) is 0 Å². The number of fused-ring (bicyclic) bond motifs is 2. The van der Waals surface area contributed by atoms with Crippen LogP contribution in [0.15, 0.2) is 12.1 Å². The number of ether oxygens (including phenoxy) is 2. The first-order valence-corrected chi connectivity index (χ1v) is 7.62. The molecule has 1 aromatic carbocycles. The molecule has 1 aromatic rings. The lowest BCUT2D eigenvalue weighted by Gasteiger charge is -2.51. The Hall–Kier alpha value is -1.10. The van der Waals surface area contributed by atoms with Crippen LogP contribution in [0.1, 0.15) is 29.5 Å². The van der Waals surface area contributed by atoms with Gasteiger partial charge in [-0.25, -0.2) is 0 Å². The van der Waals surface area contributed by atoms with Crippen LogP contribution in [0.5, 0.6) is 5.75 Å². The van der Waals surface area contributed by atoms with Crippen molar-refractivity contribution in [3.8, 4) is 5.75 Å². The summed E-state index contributed by atoms with van der Waals surface area (Å²) in [5.74, 6) is 0.855. The lowest BCUT2D eigenvalue weighted by atomic mass is 9.74. The Morgan fingerprint density at radius 3 is 2.19 bits per heavy atom. The van der Waals surface area contributed by atoms with Crippen molar-refractivity contribution < 1.29 is 14.6 Å². The zero-order valence-electron chi connectivity index (χ0n) is 13.3. The highest BCUT2D eigenvalue weighted by molar-refractivity contribution is 5.45. The van der Waals surface area contributed by atoms with E-state index in [1.165, 1.54) is 0 Å². The minimum Gasteiger partial charge on any atom is -0.497 e. The molecule has 2 atom stereocenters. The van der Waals surface area contributed by atoms with Crippen LogP contribution in [-0.2, 0) is 10.3 Å². The van der Waals surface area contributed by atoms with Crippen molar-refractivity contribution in [1.29, 1.82) is 0 Å². The van der Waals surface area contributed by atoms with Gasteiger partial charge >= 0.3 is 0 Å². The van der Waals surface area contributed by atoms with Crippen LogP contribution in [-0.4, -0.2) is 49.5 Å². The molecule has 2 unspecified atom stereocenters. The first-order valence-electron chi connectivity index (χ1n) is 7.62. The summed E-state index contributed by atoms with van der Waals surface area (Å²) in [6, 6.07) is 4.63. The summed E-state index contributed by atoms with van der Waals surface area (Å²) < 4.78 is 11.0. The molecule has 2 fully saturated rings. The average molecular weight is 291 g/mol. The summed E-state index contributed by atoms with van der Waals surface area (Å²) in [6.45, 7) is 5.55. The Bertz CT molecular complexity index is 506. The molecule has 1 N–H and O–H groups in total.